The number of hydrogen-bond acceptors (Lipinski definition) is 5. The summed E-state index contributed by atoms with van der Waals surface area (Å²) < 4.78 is 30.1. The molecule has 2 unspecified atom stereocenters. The maximum atomic E-state index is 12.1. The molecule has 0 spiro atoms. The van der Waals surface area contributed by atoms with Crippen LogP contribution in [0.5, 0.6) is 5.75 Å². The Morgan fingerprint density at radius 3 is 2.00 bits per heavy atom. The second-order valence-electron chi connectivity index (χ2n) is 8.66. The molecule has 34 heavy (non-hydrogen) atoms. The molecule has 3 aromatic rings. The molecule has 0 saturated heterocycles. The molecular formula is C26H26Cl2N2O3S. The molecule has 2 atom stereocenters. The molecule has 5 nitrogen and oxygen atoms in total. The third kappa shape index (κ3) is 4.30. The molecule has 3 aromatic carbocycles. The highest BCUT2D eigenvalue weighted by molar-refractivity contribution is 7.90. The molecule has 1 aliphatic rings. The van der Waals surface area contributed by atoms with Gasteiger partial charge in [0.25, 0.3) is 0 Å². The summed E-state index contributed by atoms with van der Waals surface area (Å²) in [5, 5.41) is 4.92. The molecule has 0 aromatic heterocycles. The van der Waals surface area contributed by atoms with E-state index in [-0.39, 0.29) is 4.90 Å². The predicted octanol–water partition coefficient (Wildman–Crippen LogP) is 5.98. The fourth-order valence-corrected chi connectivity index (χ4v) is 5.21. The third-order valence-corrected chi connectivity index (χ3v) is 8.06. The van der Waals surface area contributed by atoms with Gasteiger partial charge >= 0.3 is 0 Å². The lowest BCUT2D eigenvalue weighted by Gasteiger charge is -2.40. The summed E-state index contributed by atoms with van der Waals surface area (Å²) in [7, 11) is -3.39. The molecule has 0 bridgehead atoms. The summed E-state index contributed by atoms with van der Waals surface area (Å²) in [6.07, 6.45) is 1.18. The van der Waals surface area contributed by atoms with Crippen molar-refractivity contribution in [2.75, 3.05) is 12.9 Å². The minimum atomic E-state index is -3.39. The standard InChI is InChI=1S/C26H26Cl2N2O3S/c1-5-33-23-16-21(34(4,31)32)14-15-22(23)24-29-25(2,17-6-10-19(27)11-7-17)26(3,30-24)18-8-12-20(28)13-9-18/h6-16H,5H2,1-4H3,(H,29,30). The van der Waals surface area contributed by atoms with Crippen LogP contribution in [0.2, 0.25) is 10.0 Å². The molecular weight excluding hydrogens is 491 g/mol. The van der Waals surface area contributed by atoms with Crippen LogP contribution in [0.3, 0.4) is 0 Å². The van der Waals surface area contributed by atoms with Crippen LogP contribution in [-0.4, -0.2) is 27.1 Å². The number of aliphatic imine (C=N–C) groups is 1. The zero-order valence-electron chi connectivity index (χ0n) is 19.4. The van der Waals surface area contributed by atoms with Crippen molar-refractivity contribution in [3.8, 4) is 5.75 Å². The largest absolute Gasteiger partial charge is 0.493 e. The maximum Gasteiger partial charge on any atom is 0.175 e. The summed E-state index contributed by atoms with van der Waals surface area (Å²) in [5.74, 6) is 1.06. The van der Waals surface area contributed by atoms with Gasteiger partial charge in [-0.2, -0.15) is 0 Å². The Balaban J connectivity index is 1.91. The van der Waals surface area contributed by atoms with E-state index in [4.69, 9.17) is 32.9 Å². The van der Waals surface area contributed by atoms with Gasteiger partial charge in [0.15, 0.2) is 9.84 Å². The van der Waals surface area contributed by atoms with Gasteiger partial charge in [0.1, 0.15) is 17.1 Å². The Bertz CT molecular complexity index is 1360. The number of nitrogens with zero attached hydrogens (tertiary/aromatic N) is 1. The zero-order valence-corrected chi connectivity index (χ0v) is 21.7. The Labute approximate surface area is 210 Å². The van der Waals surface area contributed by atoms with Gasteiger partial charge in [0, 0.05) is 16.3 Å². The first-order valence-corrected chi connectivity index (χ1v) is 13.5. The molecule has 0 fully saturated rings. The molecule has 4 rings (SSSR count). The highest BCUT2D eigenvalue weighted by atomic mass is 35.5. The summed E-state index contributed by atoms with van der Waals surface area (Å²) in [4.78, 5) is 5.37. The zero-order chi connectivity index (χ0) is 24.7. The van der Waals surface area contributed by atoms with Crippen LogP contribution < -0.4 is 10.1 Å². The molecule has 0 amide bonds. The van der Waals surface area contributed by atoms with Crippen LogP contribution >= 0.6 is 23.2 Å². The average Bonchev–Trinajstić information content (AvgIpc) is 3.06. The van der Waals surface area contributed by atoms with Crippen LogP contribution in [0, 0.1) is 0 Å². The van der Waals surface area contributed by atoms with Gasteiger partial charge in [-0.15, -0.1) is 0 Å². The molecule has 178 valence electrons. The third-order valence-electron chi connectivity index (χ3n) is 6.44. The van der Waals surface area contributed by atoms with E-state index in [9.17, 15) is 8.42 Å². The summed E-state index contributed by atoms with van der Waals surface area (Å²) in [5.41, 5.74) is 1.29. The number of benzene rings is 3. The molecule has 1 heterocycles. The number of hydrogen-bond donors (Lipinski definition) is 1. The first-order valence-electron chi connectivity index (χ1n) is 10.9. The molecule has 8 heteroatoms. The van der Waals surface area contributed by atoms with Crippen molar-refractivity contribution in [2.24, 2.45) is 4.99 Å². The van der Waals surface area contributed by atoms with Gasteiger partial charge in [-0.1, -0.05) is 47.5 Å². The normalized spacial score (nSPS) is 22.2. The van der Waals surface area contributed by atoms with E-state index in [0.29, 0.717) is 33.8 Å². The predicted molar refractivity (Wildman–Crippen MR) is 138 cm³/mol. The topological polar surface area (TPSA) is 67.8 Å². The minimum absolute atomic E-state index is 0.194. The van der Waals surface area contributed by atoms with Crippen LogP contribution in [0.15, 0.2) is 76.6 Å². The second-order valence-corrected chi connectivity index (χ2v) is 11.5. The van der Waals surface area contributed by atoms with E-state index in [0.717, 1.165) is 11.1 Å². The van der Waals surface area contributed by atoms with Gasteiger partial charge in [-0.3, -0.25) is 4.99 Å². The highest BCUT2D eigenvalue weighted by Gasteiger charge is 2.52. The SMILES string of the molecule is CCOc1cc(S(C)(=O)=O)ccc1C1=NC(C)(c2ccc(Cl)cc2)C(C)(c2ccc(Cl)cc2)N1. The Morgan fingerprint density at radius 1 is 0.912 bits per heavy atom. The Hall–Kier alpha value is -2.54. The molecule has 0 aliphatic carbocycles. The van der Waals surface area contributed by atoms with Crippen LogP contribution in [0.4, 0.5) is 0 Å². The van der Waals surface area contributed by atoms with Crippen molar-refractivity contribution in [3.05, 3.63) is 93.5 Å². The molecule has 1 aliphatic heterocycles. The van der Waals surface area contributed by atoms with Crippen molar-refractivity contribution in [2.45, 2.75) is 36.7 Å². The van der Waals surface area contributed by atoms with Crippen molar-refractivity contribution < 1.29 is 13.2 Å². The Kier molecular flexibility index (Phi) is 6.44. The van der Waals surface area contributed by atoms with E-state index >= 15 is 0 Å². The average molecular weight is 517 g/mol. The quantitative estimate of drug-likeness (QED) is 0.437. The van der Waals surface area contributed by atoms with Gasteiger partial charge < -0.3 is 10.1 Å². The van der Waals surface area contributed by atoms with Crippen molar-refractivity contribution in [1.82, 2.24) is 5.32 Å². The van der Waals surface area contributed by atoms with E-state index in [1.54, 1.807) is 18.2 Å². The van der Waals surface area contributed by atoms with Gasteiger partial charge in [-0.05, 0) is 74.4 Å². The lowest BCUT2D eigenvalue weighted by Crippen LogP contribution is -2.50. The monoisotopic (exact) mass is 516 g/mol. The number of rotatable bonds is 6. The summed E-state index contributed by atoms with van der Waals surface area (Å²) >= 11 is 12.3. The minimum Gasteiger partial charge on any atom is -0.493 e. The number of sulfone groups is 1. The van der Waals surface area contributed by atoms with Gasteiger partial charge in [0.2, 0.25) is 0 Å². The number of nitrogens with one attached hydrogen (secondary N) is 1. The van der Waals surface area contributed by atoms with E-state index in [2.05, 4.69) is 19.2 Å². The number of amidine groups is 1. The first kappa shape index (κ1) is 24.6. The summed E-state index contributed by atoms with van der Waals surface area (Å²) in [6, 6.07) is 20.2. The van der Waals surface area contributed by atoms with Gasteiger partial charge in [-0.25, -0.2) is 8.42 Å². The van der Waals surface area contributed by atoms with Crippen LogP contribution in [0.1, 0.15) is 37.5 Å². The highest BCUT2D eigenvalue weighted by Crippen LogP contribution is 2.48. The van der Waals surface area contributed by atoms with E-state index in [1.807, 2.05) is 55.5 Å². The number of halogens is 2. The maximum absolute atomic E-state index is 12.1. The van der Waals surface area contributed by atoms with Crippen LogP contribution in [0.25, 0.3) is 0 Å². The lowest BCUT2D eigenvalue weighted by atomic mass is 9.72. The lowest BCUT2D eigenvalue weighted by molar-refractivity contribution is 0.268. The van der Waals surface area contributed by atoms with Crippen LogP contribution in [-0.2, 0) is 20.9 Å². The second kappa shape index (κ2) is 8.91. The van der Waals surface area contributed by atoms with Crippen molar-refractivity contribution >= 4 is 38.9 Å². The summed E-state index contributed by atoms with van der Waals surface area (Å²) in [6.45, 7) is 6.40. The fourth-order valence-electron chi connectivity index (χ4n) is 4.32. The molecule has 1 N–H and O–H groups in total. The Morgan fingerprint density at radius 2 is 1.47 bits per heavy atom. The van der Waals surface area contributed by atoms with Crippen molar-refractivity contribution in [1.29, 1.82) is 0 Å². The molecule has 0 radical (unpaired) electrons. The van der Waals surface area contributed by atoms with Crippen molar-refractivity contribution in [3.63, 3.8) is 0 Å². The molecule has 0 saturated carbocycles. The first-order chi connectivity index (χ1) is 16.0. The number of ether oxygens (including phenoxy) is 1. The smallest absolute Gasteiger partial charge is 0.175 e. The fraction of sp³-hybridized carbons (Fsp3) is 0.269. The van der Waals surface area contributed by atoms with E-state index < -0.39 is 20.9 Å². The van der Waals surface area contributed by atoms with Gasteiger partial charge in [0.05, 0.1) is 22.6 Å². The van der Waals surface area contributed by atoms with E-state index in [1.165, 1.54) is 6.26 Å².